The number of ether oxygens (including phenoxy) is 3. The second-order valence-electron chi connectivity index (χ2n) is 5.31. The van der Waals surface area contributed by atoms with Gasteiger partial charge in [0.1, 0.15) is 18.1 Å². The summed E-state index contributed by atoms with van der Waals surface area (Å²) in [6.07, 6.45) is 0.444. The predicted octanol–water partition coefficient (Wildman–Crippen LogP) is 2.86. The molecule has 0 unspecified atom stereocenters. The van der Waals surface area contributed by atoms with Gasteiger partial charge in [-0.15, -0.1) is 0 Å². The first-order valence-electron chi connectivity index (χ1n) is 7.73. The van der Waals surface area contributed by atoms with E-state index in [1.807, 2.05) is 6.07 Å². The Bertz CT molecular complexity index is 753. The molecule has 25 heavy (non-hydrogen) atoms. The van der Waals surface area contributed by atoms with Gasteiger partial charge < -0.3 is 19.3 Å². The zero-order chi connectivity index (χ0) is 18.2. The highest BCUT2D eigenvalue weighted by Crippen LogP contribution is 2.29. The van der Waals surface area contributed by atoms with Crippen LogP contribution in [0.2, 0.25) is 0 Å². The molecule has 0 atom stereocenters. The number of methoxy groups -OCH3 is 2. The SMILES string of the molecule is COC(=O)CCc1c(O)cccc1OCc1cccc(C(=O)OC)c1. The fourth-order valence-corrected chi connectivity index (χ4v) is 2.34. The second kappa shape index (κ2) is 8.73. The number of phenolic OH excluding ortho intramolecular Hbond substituents is 1. The number of rotatable bonds is 7. The Labute approximate surface area is 146 Å². The number of carbonyl (C=O) groups is 2. The number of esters is 2. The minimum Gasteiger partial charge on any atom is -0.508 e. The molecule has 0 aromatic heterocycles. The molecule has 0 radical (unpaired) electrons. The van der Waals surface area contributed by atoms with Gasteiger partial charge in [-0.25, -0.2) is 4.79 Å². The molecule has 1 N–H and O–H groups in total. The number of hydrogen-bond acceptors (Lipinski definition) is 6. The van der Waals surface area contributed by atoms with Gasteiger partial charge in [-0.1, -0.05) is 18.2 Å². The van der Waals surface area contributed by atoms with Gasteiger partial charge in [-0.2, -0.15) is 0 Å². The normalized spacial score (nSPS) is 10.2. The molecule has 6 heteroatoms. The van der Waals surface area contributed by atoms with E-state index in [0.717, 1.165) is 5.56 Å². The van der Waals surface area contributed by atoms with Crippen LogP contribution in [0.3, 0.4) is 0 Å². The van der Waals surface area contributed by atoms with Crippen LogP contribution in [0.1, 0.15) is 27.9 Å². The van der Waals surface area contributed by atoms with Crippen LogP contribution < -0.4 is 4.74 Å². The zero-order valence-corrected chi connectivity index (χ0v) is 14.2. The van der Waals surface area contributed by atoms with Crippen LogP contribution in [-0.2, 0) is 27.3 Å². The summed E-state index contributed by atoms with van der Waals surface area (Å²) in [5.74, 6) is -0.241. The lowest BCUT2D eigenvalue weighted by Gasteiger charge is -2.13. The van der Waals surface area contributed by atoms with Crippen LogP contribution in [0, 0.1) is 0 Å². The Morgan fingerprint density at radius 3 is 2.52 bits per heavy atom. The van der Waals surface area contributed by atoms with Crippen molar-refractivity contribution in [3.05, 3.63) is 59.2 Å². The lowest BCUT2D eigenvalue weighted by Crippen LogP contribution is -2.05. The van der Waals surface area contributed by atoms with E-state index in [9.17, 15) is 14.7 Å². The first kappa shape index (κ1) is 18.3. The van der Waals surface area contributed by atoms with Crippen LogP contribution in [0.5, 0.6) is 11.5 Å². The van der Waals surface area contributed by atoms with Gasteiger partial charge in [0.15, 0.2) is 0 Å². The lowest BCUT2D eigenvalue weighted by atomic mass is 10.1. The molecule has 0 saturated heterocycles. The van der Waals surface area contributed by atoms with Crippen LogP contribution in [0.4, 0.5) is 0 Å². The summed E-state index contributed by atoms with van der Waals surface area (Å²) in [4.78, 5) is 22.9. The van der Waals surface area contributed by atoms with Gasteiger partial charge in [0.05, 0.1) is 19.8 Å². The summed E-state index contributed by atoms with van der Waals surface area (Å²) in [5.41, 5.74) is 1.76. The maximum Gasteiger partial charge on any atom is 0.337 e. The first-order chi connectivity index (χ1) is 12.0. The van der Waals surface area contributed by atoms with Gasteiger partial charge in [-0.3, -0.25) is 4.79 Å². The van der Waals surface area contributed by atoms with E-state index in [2.05, 4.69) is 4.74 Å². The summed E-state index contributed by atoms with van der Waals surface area (Å²) in [6, 6.07) is 11.8. The van der Waals surface area contributed by atoms with Gasteiger partial charge in [0.2, 0.25) is 0 Å². The smallest absolute Gasteiger partial charge is 0.337 e. The van der Waals surface area contributed by atoms with Gasteiger partial charge in [0, 0.05) is 12.0 Å². The quantitative estimate of drug-likeness (QED) is 0.778. The standard InChI is InChI=1S/C19H20O6/c1-23-18(21)10-9-15-16(20)7-4-8-17(15)25-12-13-5-3-6-14(11-13)19(22)24-2/h3-8,11,20H,9-10,12H2,1-2H3. The Balaban J connectivity index is 2.11. The third-order valence-electron chi connectivity index (χ3n) is 3.66. The molecule has 2 rings (SSSR count). The molecule has 0 bridgehead atoms. The van der Waals surface area contributed by atoms with E-state index in [1.165, 1.54) is 20.3 Å². The maximum atomic E-state index is 11.6. The summed E-state index contributed by atoms with van der Waals surface area (Å²) < 4.78 is 15.1. The van der Waals surface area contributed by atoms with E-state index in [-0.39, 0.29) is 24.7 Å². The molecule has 0 amide bonds. The Morgan fingerprint density at radius 2 is 1.80 bits per heavy atom. The molecular formula is C19H20O6. The largest absolute Gasteiger partial charge is 0.508 e. The summed E-state index contributed by atoms with van der Waals surface area (Å²) in [6.45, 7) is 0.208. The van der Waals surface area contributed by atoms with E-state index < -0.39 is 5.97 Å². The second-order valence-corrected chi connectivity index (χ2v) is 5.31. The number of benzene rings is 2. The van der Waals surface area contributed by atoms with Crippen molar-refractivity contribution >= 4 is 11.9 Å². The highest BCUT2D eigenvalue weighted by Gasteiger charge is 2.12. The van der Waals surface area contributed by atoms with Crippen LogP contribution in [-0.4, -0.2) is 31.3 Å². The van der Waals surface area contributed by atoms with E-state index in [4.69, 9.17) is 9.47 Å². The summed E-state index contributed by atoms with van der Waals surface area (Å²) in [5, 5.41) is 10.0. The summed E-state index contributed by atoms with van der Waals surface area (Å²) >= 11 is 0. The number of aromatic hydroxyl groups is 1. The van der Waals surface area contributed by atoms with Crippen molar-refractivity contribution in [1.29, 1.82) is 0 Å². The zero-order valence-electron chi connectivity index (χ0n) is 14.2. The topological polar surface area (TPSA) is 82.1 Å². The molecule has 0 heterocycles. The van der Waals surface area contributed by atoms with E-state index in [1.54, 1.807) is 30.3 Å². The Kier molecular flexibility index (Phi) is 6.39. The molecule has 0 aliphatic carbocycles. The molecule has 6 nitrogen and oxygen atoms in total. The average molecular weight is 344 g/mol. The van der Waals surface area contributed by atoms with E-state index in [0.29, 0.717) is 23.3 Å². The molecule has 132 valence electrons. The molecule has 0 aliphatic heterocycles. The molecule has 2 aromatic rings. The monoisotopic (exact) mass is 344 g/mol. The predicted molar refractivity (Wildman–Crippen MR) is 90.6 cm³/mol. The van der Waals surface area contributed by atoms with Crippen molar-refractivity contribution in [2.24, 2.45) is 0 Å². The fraction of sp³-hybridized carbons (Fsp3) is 0.263. The number of phenols is 1. The van der Waals surface area contributed by atoms with Crippen molar-refractivity contribution < 1.29 is 28.9 Å². The van der Waals surface area contributed by atoms with Crippen molar-refractivity contribution in [2.75, 3.05) is 14.2 Å². The van der Waals surface area contributed by atoms with Crippen LogP contribution in [0.25, 0.3) is 0 Å². The molecule has 2 aromatic carbocycles. The fourth-order valence-electron chi connectivity index (χ4n) is 2.34. The molecule has 0 spiro atoms. The van der Waals surface area contributed by atoms with Crippen molar-refractivity contribution in [1.82, 2.24) is 0 Å². The Morgan fingerprint density at radius 1 is 1.04 bits per heavy atom. The molecular weight excluding hydrogens is 324 g/mol. The minimum absolute atomic E-state index is 0.0599. The van der Waals surface area contributed by atoms with E-state index >= 15 is 0 Å². The summed E-state index contributed by atoms with van der Waals surface area (Å²) in [7, 11) is 2.64. The molecule has 0 saturated carbocycles. The van der Waals surface area contributed by atoms with Crippen LogP contribution in [0.15, 0.2) is 42.5 Å². The third-order valence-corrected chi connectivity index (χ3v) is 3.66. The third kappa shape index (κ3) is 4.97. The van der Waals surface area contributed by atoms with Crippen molar-refractivity contribution in [2.45, 2.75) is 19.4 Å². The maximum absolute atomic E-state index is 11.6. The average Bonchev–Trinajstić information content (AvgIpc) is 2.64. The van der Waals surface area contributed by atoms with Crippen molar-refractivity contribution in [3.63, 3.8) is 0 Å². The van der Waals surface area contributed by atoms with Gasteiger partial charge in [0.25, 0.3) is 0 Å². The lowest BCUT2D eigenvalue weighted by molar-refractivity contribution is -0.140. The highest BCUT2D eigenvalue weighted by molar-refractivity contribution is 5.89. The van der Waals surface area contributed by atoms with Crippen molar-refractivity contribution in [3.8, 4) is 11.5 Å². The highest BCUT2D eigenvalue weighted by atomic mass is 16.5. The number of carbonyl (C=O) groups excluding carboxylic acids is 2. The molecule has 0 fully saturated rings. The number of hydrogen-bond donors (Lipinski definition) is 1. The van der Waals surface area contributed by atoms with Crippen LogP contribution >= 0.6 is 0 Å². The Hall–Kier alpha value is -3.02. The minimum atomic E-state index is -0.419. The van der Waals surface area contributed by atoms with Gasteiger partial charge >= 0.3 is 11.9 Å². The van der Waals surface area contributed by atoms with Gasteiger partial charge in [-0.05, 0) is 36.2 Å². The molecule has 0 aliphatic rings. The first-order valence-corrected chi connectivity index (χ1v) is 7.73.